The van der Waals surface area contributed by atoms with E-state index in [2.05, 4.69) is 0 Å². The van der Waals surface area contributed by atoms with E-state index in [4.69, 9.17) is 15.2 Å². The number of nitrogens with zero attached hydrogens (tertiary/aromatic N) is 1. The number of carbonyl (C=O) groups excluding carboxylic acids is 1. The molecular formula is C19H29ClN2O3S. The average molecular weight is 401 g/mol. The Morgan fingerprint density at radius 3 is 2.85 bits per heavy atom. The first-order chi connectivity index (χ1) is 12.1. The third kappa shape index (κ3) is 5.69. The number of halogens is 1. The molecule has 3 rings (SSSR count). The van der Waals surface area contributed by atoms with Crippen molar-refractivity contribution in [1.29, 1.82) is 0 Å². The molecule has 7 heteroatoms. The predicted octanol–water partition coefficient (Wildman–Crippen LogP) is 3.34. The fourth-order valence-electron chi connectivity index (χ4n) is 3.31. The molecule has 1 fully saturated rings. The molecule has 2 heterocycles. The maximum absolute atomic E-state index is 12.5. The molecule has 1 amide bonds. The van der Waals surface area contributed by atoms with Crippen LogP contribution in [0.25, 0.3) is 0 Å². The lowest BCUT2D eigenvalue weighted by Gasteiger charge is -2.34. The summed E-state index contributed by atoms with van der Waals surface area (Å²) in [5.41, 5.74) is 6.01. The van der Waals surface area contributed by atoms with Gasteiger partial charge in [-0.05, 0) is 43.9 Å². The van der Waals surface area contributed by atoms with E-state index in [1.807, 2.05) is 30.0 Å². The predicted molar refractivity (Wildman–Crippen MR) is 108 cm³/mol. The largest absolute Gasteiger partial charge is 0.490 e. The van der Waals surface area contributed by atoms with Crippen LogP contribution in [0.5, 0.6) is 11.5 Å². The van der Waals surface area contributed by atoms with Gasteiger partial charge in [0.15, 0.2) is 11.5 Å². The standard InChI is InChI=1S/C19H28N2O3S.ClH/c1-14(20)15-4-2-8-21(13-15)19(22)7-11-25-16-5-6-17-18(12-16)24-10-3-9-23-17;/h5-6,12,14-15H,2-4,7-11,13,20H2,1H3;1H. The van der Waals surface area contributed by atoms with Gasteiger partial charge in [0.05, 0.1) is 13.2 Å². The Morgan fingerprint density at radius 1 is 1.31 bits per heavy atom. The van der Waals surface area contributed by atoms with Gasteiger partial charge in [-0.25, -0.2) is 0 Å². The molecule has 1 saturated heterocycles. The van der Waals surface area contributed by atoms with Crippen molar-refractivity contribution in [2.45, 2.75) is 43.5 Å². The second-order valence-electron chi connectivity index (χ2n) is 6.86. The zero-order valence-electron chi connectivity index (χ0n) is 15.3. The molecule has 146 valence electrons. The van der Waals surface area contributed by atoms with Crippen molar-refractivity contribution in [3.63, 3.8) is 0 Å². The molecule has 2 aliphatic heterocycles. The highest BCUT2D eigenvalue weighted by Gasteiger charge is 2.25. The number of rotatable bonds is 5. The number of hydrogen-bond acceptors (Lipinski definition) is 5. The lowest BCUT2D eigenvalue weighted by molar-refractivity contribution is -0.132. The highest BCUT2D eigenvalue weighted by Crippen LogP contribution is 2.34. The van der Waals surface area contributed by atoms with Crippen LogP contribution in [0.3, 0.4) is 0 Å². The van der Waals surface area contributed by atoms with E-state index < -0.39 is 0 Å². The third-order valence-electron chi connectivity index (χ3n) is 4.86. The van der Waals surface area contributed by atoms with E-state index in [9.17, 15) is 4.79 Å². The molecule has 1 aromatic rings. The summed E-state index contributed by atoms with van der Waals surface area (Å²) in [7, 11) is 0. The van der Waals surface area contributed by atoms with Crippen LogP contribution < -0.4 is 15.2 Å². The maximum Gasteiger partial charge on any atom is 0.223 e. The number of nitrogens with two attached hydrogens (primary N) is 1. The average Bonchev–Trinajstić information content (AvgIpc) is 2.86. The van der Waals surface area contributed by atoms with Gasteiger partial charge in [0.1, 0.15) is 0 Å². The molecule has 2 aliphatic rings. The van der Waals surface area contributed by atoms with E-state index in [1.165, 1.54) is 0 Å². The van der Waals surface area contributed by atoms with Crippen LogP contribution >= 0.6 is 24.2 Å². The van der Waals surface area contributed by atoms with Gasteiger partial charge in [0.25, 0.3) is 0 Å². The SMILES string of the molecule is CC(N)C1CCCN(C(=O)CCSc2ccc3c(c2)OCCCO3)C1.Cl. The summed E-state index contributed by atoms with van der Waals surface area (Å²) in [4.78, 5) is 15.6. The molecule has 0 aromatic heterocycles. The first-order valence-corrected chi connectivity index (χ1v) is 10.2. The number of piperidine rings is 1. The third-order valence-corrected chi connectivity index (χ3v) is 5.85. The Kier molecular flexibility index (Phi) is 8.38. The van der Waals surface area contributed by atoms with Gasteiger partial charge in [-0.3, -0.25) is 4.79 Å². The Labute approximate surface area is 166 Å². The zero-order chi connectivity index (χ0) is 17.6. The normalized spacial score (nSPS) is 20.7. The quantitative estimate of drug-likeness (QED) is 0.768. The molecule has 0 spiro atoms. The summed E-state index contributed by atoms with van der Waals surface area (Å²) in [5.74, 6) is 3.08. The van der Waals surface area contributed by atoms with E-state index in [0.717, 1.165) is 54.5 Å². The van der Waals surface area contributed by atoms with Gasteiger partial charge < -0.3 is 20.1 Å². The summed E-state index contributed by atoms with van der Waals surface area (Å²) >= 11 is 1.69. The molecule has 2 atom stereocenters. The number of ether oxygens (including phenoxy) is 2. The van der Waals surface area contributed by atoms with Crippen LogP contribution in [0.4, 0.5) is 0 Å². The highest BCUT2D eigenvalue weighted by atomic mass is 35.5. The molecule has 0 bridgehead atoms. The van der Waals surface area contributed by atoms with Crippen LogP contribution in [-0.4, -0.2) is 48.9 Å². The first-order valence-electron chi connectivity index (χ1n) is 9.19. The monoisotopic (exact) mass is 400 g/mol. The van der Waals surface area contributed by atoms with Crippen LogP contribution in [-0.2, 0) is 4.79 Å². The second kappa shape index (κ2) is 10.3. The minimum absolute atomic E-state index is 0. The van der Waals surface area contributed by atoms with Crippen molar-refractivity contribution in [2.24, 2.45) is 11.7 Å². The lowest BCUT2D eigenvalue weighted by atomic mass is 9.92. The number of fused-ring (bicyclic) bond motifs is 1. The van der Waals surface area contributed by atoms with Crippen molar-refractivity contribution in [1.82, 2.24) is 4.90 Å². The molecule has 5 nitrogen and oxygen atoms in total. The van der Waals surface area contributed by atoms with E-state index in [1.54, 1.807) is 11.8 Å². The smallest absolute Gasteiger partial charge is 0.223 e. The minimum Gasteiger partial charge on any atom is -0.490 e. The van der Waals surface area contributed by atoms with Gasteiger partial charge in [0, 0.05) is 42.6 Å². The number of likely N-dealkylation sites (tertiary alicyclic amines) is 1. The van der Waals surface area contributed by atoms with E-state index in [-0.39, 0.29) is 24.4 Å². The van der Waals surface area contributed by atoms with Gasteiger partial charge in [-0.1, -0.05) is 0 Å². The molecular weight excluding hydrogens is 372 g/mol. The van der Waals surface area contributed by atoms with Crippen LogP contribution in [0.1, 0.15) is 32.6 Å². The molecule has 2 N–H and O–H groups in total. The number of benzene rings is 1. The van der Waals surface area contributed by atoms with E-state index >= 15 is 0 Å². The number of amides is 1. The number of hydrogen-bond donors (Lipinski definition) is 1. The topological polar surface area (TPSA) is 64.8 Å². The van der Waals surface area contributed by atoms with Gasteiger partial charge >= 0.3 is 0 Å². The summed E-state index contributed by atoms with van der Waals surface area (Å²) in [5, 5.41) is 0. The summed E-state index contributed by atoms with van der Waals surface area (Å²) in [6, 6.07) is 6.17. The Bertz CT molecular complexity index is 600. The fraction of sp³-hybridized carbons (Fsp3) is 0.632. The highest BCUT2D eigenvalue weighted by molar-refractivity contribution is 7.99. The van der Waals surface area contributed by atoms with E-state index in [0.29, 0.717) is 25.6 Å². The van der Waals surface area contributed by atoms with Gasteiger partial charge in [0.2, 0.25) is 5.91 Å². The fourth-order valence-corrected chi connectivity index (χ4v) is 4.18. The lowest BCUT2D eigenvalue weighted by Crippen LogP contribution is -2.45. The molecule has 2 unspecified atom stereocenters. The minimum atomic E-state index is 0. The Morgan fingerprint density at radius 2 is 2.08 bits per heavy atom. The second-order valence-corrected chi connectivity index (χ2v) is 8.03. The summed E-state index contributed by atoms with van der Waals surface area (Å²) in [6.07, 6.45) is 3.66. The molecule has 1 aromatic carbocycles. The van der Waals surface area contributed by atoms with Crippen molar-refractivity contribution in [2.75, 3.05) is 32.1 Å². The molecule has 0 aliphatic carbocycles. The van der Waals surface area contributed by atoms with Crippen molar-refractivity contribution in [3.05, 3.63) is 18.2 Å². The molecule has 0 saturated carbocycles. The van der Waals surface area contributed by atoms with Crippen molar-refractivity contribution in [3.8, 4) is 11.5 Å². The first kappa shape index (κ1) is 21.2. The zero-order valence-corrected chi connectivity index (χ0v) is 16.9. The van der Waals surface area contributed by atoms with Crippen molar-refractivity contribution >= 4 is 30.1 Å². The van der Waals surface area contributed by atoms with Crippen LogP contribution in [0.2, 0.25) is 0 Å². The molecule has 26 heavy (non-hydrogen) atoms. The van der Waals surface area contributed by atoms with Gasteiger partial charge in [-0.15, -0.1) is 24.2 Å². The van der Waals surface area contributed by atoms with Crippen LogP contribution in [0, 0.1) is 5.92 Å². The Hall–Kier alpha value is -1.11. The van der Waals surface area contributed by atoms with Crippen molar-refractivity contribution < 1.29 is 14.3 Å². The Balaban J connectivity index is 0.00000243. The van der Waals surface area contributed by atoms with Gasteiger partial charge in [-0.2, -0.15) is 0 Å². The summed E-state index contributed by atoms with van der Waals surface area (Å²) in [6.45, 7) is 5.11. The molecule has 0 radical (unpaired) electrons. The maximum atomic E-state index is 12.5. The summed E-state index contributed by atoms with van der Waals surface area (Å²) < 4.78 is 11.4. The van der Waals surface area contributed by atoms with Crippen LogP contribution in [0.15, 0.2) is 23.1 Å². The number of carbonyl (C=O) groups is 1. The number of thioether (sulfide) groups is 1.